The van der Waals surface area contributed by atoms with Gasteiger partial charge in [-0.3, -0.25) is 0 Å². The number of rotatable bonds is 0. The molecular weight excluding hydrogens is 228 g/mol. The van der Waals surface area contributed by atoms with Gasteiger partial charge in [0, 0.05) is 0 Å². The Kier molecular flexibility index (Phi) is 3.42. The summed E-state index contributed by atoms with van der Waals surface area (Å²) in [4.78, 5) is 0. The molecule has 0 saturated carbocycles. The van der Waals surface area contributed by atoms with E-state index >= 15 is 0 Å². The lowest BCUT2D eigenvalue weighted by Crippen LogP contribution is -1.88. The highest BCUT2D eigenvalue weighted by Crippen LogP contribution is 2.25. The highest BCUT2D eigenvalue weighted by atomic mass is 14.1. The molecule has 0 fully saturated rings. The molecule has 0 aromatic heterocycles. The lowest BCUT2D eigenvalue weighted by Gasteiger charge is -2.06. The molecule has 0 unspecified atom stereocenters. The topological polar surface area (TPSA) is 0 Å². The van der Waals surface area contributed by atoms with Crippen LogP contribution < -0.4 is 0 Å². The summed E-state index contributed by atoms with van der Waals surface area (Å²) in [6, 6.07) is 4.57. The van der Waals surface area contributed by atoms with Crippen molar-refractivity contribution in [3.63, 3.8) is 0 Å². The lowest BCUT2D eigenvalue weighted by molar-refractivity contribution is 1.30. The van der Waals surface area contributed by atoms with Crippen LogP contribution in [-0.2, 0) is 6.42 Å². The maximum atomic E-state index is 2.30. The van der Waals surface area contributed by atoms with Gasteiger partial charge in [-0.25, -0.2) is 0 Å². The van der Waals surface area contributed by atoms with Crippen molar-refractivity contribution in [3.8, 4) is 0 Å². The number of fused-ring (bicyclic) bond motifs is 2. The van der Waals surface area contributed by atoms with Gasteiger partial charge in [-0.15, -0.1) is 0 Å². The van der Waals surface area contributed by atoms with E-state index in [-0.39, 0.29) is 0 Å². The fourth-order valence-electron chi connectivity index (χ4n) is 2.33. The second kappa shape index (κ2) is 5.53. The summed E-state index contributed by atoms with van der Waals surface area (Å²) in [7, 11) is 0. The Morgan fingerprint density at radius 1 is 0.526 bits per heavy atom. The SMILES string of the molecule is C1=Cc2cc3c(cc2\C=C/C=C\C=C/C=C\1)CC=C3. The summed E-state index contributed by atoms with van der Waals surface area (Å²) in [5, 5.41) is 0. The summed E-state index contributed by atoms with van der Waals surface area (Å²) in [6.07, 6.45) is 26.3. The van der Waals surface area contributed by atoms with Crippen molar-refractivity contribution in [1.82, 2.24) is 0 Å². The third kappa shape index (κ3) is 2.74. The van der Waals surface area contributed by atoms with Crippen molar-refractivity contribution in [1.29, 1.82) is 0 Å². The number of hydrogen-bond donors (Lipinski definition) is 0. The third-order valence-corrected chi connectivity index (χ3v) is 3.31. The number of benzene rings is 1. The normalized spacial score (nSPS) is 22.7. The molecule has 0 heteroatoms. The molecular formula is C19H16. The zero-order valence-corrected chi connectivity index (χ0v) is 10.8. The zero-order valence-electron chi connectivity index (χ0n) is 10.8. The molecule has 1 aromatic carbocycles. The number of hydrogen-bond acceptors (Lipinski definition) is 0. The van der Waals surface area contributed by atoms with E-state index in [4.69, 9.17) is 0 Å². The average Bonchev–Trinajstić information content (AvgIpc) is 2.85. The molecule has 2 aliphatic carbocycles. The Morgan fingerprint density at radius 2 is 1.11 bits per heavy atom. The summed E-state index contributed by atoms with van der Waals surface area (Å²) in [6.45, 7) is 0. The fraction of sp³-hybridized carbons (Fsp3) is 0.0526. The second-order valence-corrected chi connectivity index (χ2v) is 4.66. The van der Waals surface area contributed by atoms with Gasteiger partial charge >= 0.3 is 0 Å². The predicted molar refractivity (Wildman–Crippen MR) is 84.7 cm³/mol. The van der Waals surface area contributed by atoms with E-state index in [2.05, 4.69) is 60.7 Å². The van der Waals surface area contributed by atoms with Gasteiger partial charge in [0.2, 0.25) is 0 Å². The summed E-state index contributed by atoms with van der Waals surface area (Å²) in [5.41, 5.74) is 5.32. The van der Waals surface area contributed by atoms with Crippen LogP contribution in [0, 0.1) is 0 Å². The van der Waals surface area contributed by atoms with Gasteiger partial charge in [0.1, 0.15) is 0 Å². The first kappa shape index (κ1) is 11.7. The molecule has 0 radical (unpaired) electrons. The zero-order chi connectivity index (χ0) is 12.9. The molecule has 0 saturated heterocycles. The van der Waals surface area contributed by atoms with Crippen LogP contribution in [-0.4, -0.2) is 0 Å². The maximum Gasteiger partial charge on any atom is -0.00880 e. The van der Waals surface area contributed by atoms with E-state index in [1.807, 2.05) is 24.3 Å². The first-order valence-corrected chi connectivity index (χ1v) is 6.62. The van der Waals surface area contributed by atoms with Gasteiger partial charge < -0.3 is 0 Å². The molecule has 2 aliphatic rings. The standard InChI is InChI=1S/C19H16/c1-2-4-6-8-11-17-15-19-13-9-12-18(19)14-16(17)10-7-5-3-1/h1-12,14-15H,13H2/b2-1-,3-1?,4-2?,5-3-,6-4-,7-5?,8-6?,10-7?,11-8-,16-10?,17-11?. The van der Waals surface area contributed by atoms with Gasteiger partial charge in [-0.2, -0.15) is 0 Å². The van der Waals surface area contributed by atoms with Crippen LogP contribution >= 0.6 is 0 Å². The smallest absolute Gasteiger partial charge is 0.00880 e. The molecule has 0 spiro atoms. The van der Waals surface area contributed by atoms with Crippen molar-refractivity contribution < 1.29 is 0 Å². The van der Waals surface area contributed by atoms with Gasteiger partial charge in [0.25, 0.3) is 0 Å². The molecule has 0 nitrogen and oxygen atoms in total. The van der Waals surface area contributed by atoms with Crippen LogP contribution in [0.2, 0.25) is 0 Å². The molecule has 19 heavy (non-hydrogen) atoms. The Hall–Kier alpha value is -2.34. The van der Waals surface area contributed by atoms with Crippen molar-refractivity contribution in [2.24, 2.45) is 0 Å². The molecule has 0 aliphatic heterocycles. The summed E-state index contributed by atoms with van der Waals surface area (Å²) < 4.78 is 0. The van der Waals surface area contributed by atoms with E-state index in [9.17, 15) is 0 Å². The minimum atomic E-state index is 1.05. The maximum absolute atomic E-state index is 2.30. The van der Waals surface area contributed by atoms with Crippen LogP contribution in [0.4, 0.5) is 0 Å². The highest BCUT2D eigenvalue weighted by Gasteiger charge is 2.07. The summed E-state index contributed by atoms with van der Waals surface area (Å²) >= 11 is 0. The van der Waals surface area contributed by atoms with E-state index in [1.54, 1.807) is 0 Å². The van der Waals surface area contributed by atoms with Crippen LogP contribution in [0.15, 0.2) is 66.8 Å². The highest BCUT2D eigenvalue weighted by molar-refractivity contribution is 5.73. The molecule has 92 valence electrons. The van der Waals surface area contributed by atoms with E-state index in [1.165, 1.54) is 22.3 Å². The quantitative estimate of drug-likeness (QED) is 0.604. The van der Waals surface area contributed by atoms with Gasteiger partial charge in [0.05, 0.1) is 0 Å². The van der Waals surface area contributed by atoms with Crippen molar-refractivity contribution in [2.75, 3.05) is 0 Å². The summed E-state index contributed by atoms with van der Waals surface area (Å²) in [5.74, 6) is 0. The van der Waals surface area contributed by atoms with Crippen molar-refractivity contribution >= 4 is 18.2 Å². The van der Waals surface area contributed by atoms with Crippen molar-refractivity contribution in [2.45, 2.75) is 6.42 Å². The minimum absolute atomic E-state index is 1.05. The fourth-order valence-corrected chi connectivity index (χ4v) is 2.33. The molecule has 0 N–H and O–H groups in total. The molecule has 0 bridgehead atoms. The van der Waals surface area contributed by atoms with Crippen LogP contribution in [0.3, 0.4) is 0 Å². The van der Waals surface area contributed by atoms with Gasteiger partial charge in [-0.1, -0.05) is 79.0 Å². The lowest BCUT2D eigenvalue weighted by atomic mass is 9.98. The van der Waals surface area contributed by atoms with E-state index in [0.29, 0.717) is 0 Å². The Bertz CT molecular complexity index is 647. The second-order valence-electron chi connectivity index (χ2n) is 4.66. The van der Waals surface area contributed by atoms with Crippen LogP contribution in [0.5, 0.6) is 0 Å². The monoisotopic (exact) mass is 244 g/mol. The molecule has 0 amide bonds. The van der Waals surface area contributed by atoms with E-state index in [0.717, 1.165) is 6.42 Å². The number of allylic oxidation sites excluding steroid dienone is 9. The predicted octanol–water partition coefficient (Wildman–Crippen LogP) is 4.96. The average molecular weight is 244 g/mol. The Morgan fingerprint density at radius 3 is 1.79 bits per heavy atom. The largest absolute Gasteiger partial charge is 0.0795 e. The first-order chi connectivity index (χ1) is 9.43. The van der Waals surface area contributed by atoms with Gasteiger partial charge in [-0.05, 0) is 34.7 Å². The molecule has 0 heterocycles. The van der Waals surface area contributed by atoms with Crippen molar-refractivity contribution in [3.05, 3.63) is 89.1 Å². The molecule has 0 atom stereocenters. The molecule has 3 rings (SSSR count). The minimum Gasteiger partial charge on any atom is -0.0795 e. The van der Waals surface area contributed by atoms with Crippen LogP contribution in [0.25, 0.3) is 18.2 Å². The Balaban J connectivity index is 2.07. The van der Waals surface area contributed by atoms with Crippen LogP contribution in [0.1, 0.15) is 22.3 Å². The van der Waals surface area contributed by atoms with E-state index < -0.39 is 0 Å². The first-order valence-electron chi connectivity index (χ1n) is 6.62. The Labute approximate surface area is 114 Å². The molecule has 1 aromatic rings. The third-order valence-electron chi connectivity index (χ3n) is 3.31. The van der Waals surface area contributed by atoms with Gasteiger partial charge in [0.15, 0.2) is 0 Å².